The molecule has 1 aromatic rings. The van der Waals surface area contributed by atoms with Crippen LogP contribution in [0.1, 0.15) is 19.8 Å². The first-order valence-electron chi connectivity index (χ1n) is 5.89. The van der Waals surface area contributed by atoms with Crippen LogP contribution >= 0.6 is 0 Å². The number of benzene rings is 1. The minimum absolute atomic E-state index is 0.170. The van der Waals surface area contributed by atoms with Gasteiger partial charge in [-0.25, -0.2) is 0 Å². The van der Waals surface area contributed by atoms with Gasteiger partial charge in [0.05, 0.1) is 6.61 Å². The summed E-state index contributed by atoms with van der Waals surface area (Å²) < 4.78 is 16.2. The average molecular weight is 252 g/mol. The third kappa shape index (κ3) is 3.37. The Hall–Kier alpha value is -1.75. The summed E-state index contributed by atoms with van der Waals surface area (Å²) in [4.78, 5) is 11.0. The van der Waals surface area contributed by atoms with E-state index in [2.05, 4.69) is 0 Å². The molecule has 2 unspecified atom stereocenters. The van der Waals surface area contributed by atoms with Gasteiger partial charge in [0, 0.05) is 6.92 Å². The molecule has 18 heavy (non-hydrogen) atoms. The number of carbonyl (C=O) groups is 1. The molecule has 98 valence electrons. The highest BCUT2D eigenvalue weighted by Crippen LogP contribution is 2.23. The van der Waals surface area contributed by atoms with Crippen molar-refractivity contribution in [1.82, 2.24) is 0 Å². The first kappa shape index (κ1) is 12.7. The third-order valence-electron chi connectivity index (χ3n) is 2.62. The molecule has 0 aliphatic carbocycles. The summed E-state index contributed by atoms with van der Waals surface area (Å²) in [5, 5.41) is 9.18. The monoisotopic (exact) mass is 252 g/mol. The maximum absolute atomic E-state index is 11.0. The minimum atomic E-state index is -0.591. The number of carbonyl (C=O) groups excluding carboxylic acids is 1. The highest BCUT2D eigenvalue weighted by atomic mass is 16.7. The standard InChI is InChI=1S/C13H16O5/c1-9(14)17-12-3-2-8-16-13(12)18-11-6-4-10(15)5-7-11/h4-7,12-13,15H,2-3,8H2,1H3. The fourth-order valence-electron chi connectivity index (χ4n) is 1.82. The van der Waals surface area contributed by atoms with Crippen molar-refractivity contribution in [3.8, 4) is 11.5 Å². The van der Waals surface area contributed by atoms with Gasteiger partial charge in [-0.2, -0.15) is 0 Å². The quantitative estimate of drug-likeness (QED) is 0.831. The molecule has 1 fully saturated rings. The summed E-state index contributed by atoms with van der Waals surface area (Å²) in [7, 11) is 0. The van der Waals surface area contributed by atoms with Crippen LogP contribution in [0.2, 0.25) is 0 Å². The fraction of sp³-hybridized carbons (Fsp3) is 0.462. The zero-order valence-corrected chi connectivity index (χ0v) is 10.2. The molecule has 1 N–H and O–H groups in total. The molecule has 2 atom stereocenters. The molecule has 1 aliphatic heterocycles. The van der Waals surface area contributed by atoms with Gasteiger partial charge >= 0.3 is 5.97 Å². The molecule has 1 aliphatic rings. The van der Waals surface area contributed by atoms with E-state index in [4.69, 9.17) is 14.2 Å². The molecule has 0 bridgehead atoms. The van der Waals surface area contributed by atoms with Crippen LogP contribution in [0.25, 0.3) is 0 Å². The summed E-state index contributed by atoms with van der Waals surface area (Å²) in [6.07, 6.45) is 0.590. The molecule has 1 aromatic carbocycles. The number of hydrogen-bond donors (Lipinski definition) is 1. The number of hydrogen-bond acceptors (Lipinski definition) is 5. The van der Waals surface area contributed by atoms with Crippen molar-refractivity contribution in [2.75, 3.05) is 6.61 Å². The van der Waals surface area contributed by atoms with Crippen molar-refractivity contribution in [3.63, 3.8) is 0 Å². The van der Waals surface area contributed by atoms with E-state index in [1.807, 2.05) is 0 Å². The lowest BCUT2D eigenvalue weighted by Crippen LogP contribution is -2.41. The van der Waals surface area contributed by atoms with Gasteiger partial charge < -0.3 is 19.3 Å². The first-order valence-corrected chi connectivity index (χ1v) is 5.89. The zero-order chi connectivity index (χ0) is 13.0. The van der Waals surface area contributed by atoms with Crippen molar-refractivity contribution >= 4 is 5.97 Å². The summed E-state index contributed by atoms with van der Waals surface area (Å²) in [6.45, 7) is 1.95. The minimum Gasteiger partial charge on any atom is -0.508 e. The van der Waals surface area contributed by atoms with Crippen LogP contribution in [-0.2, 0) is 14.3 Å². The molecule has 1 saturated heterocycles. The zero-order valence-electron chi connectivity index (χ0n) is 10.2. The van der Waals surface area contributed by atoms with Gasteiger partial charge in [0.2, 0.25) is 6.29 Å². The second-order valence-corrected chi connectivity index (χ2v) is 4.14. The van der Waals surface area contributed by atoms with Gasteiger partial charge in [-0.3, -0.25) is 4.79 Å². The molecular weight excluding hydrogens is 236 g/mol. The summed E-state index contributed by atoms with van der Waals surface area (Å²) in [5.41, 5.74) is 0. The van der Waals surface area contributed by atoms with Crippen molar-refractivity contribution in [2.45, 2.75) is 32.2 Å². The van der Waals surface area contributed by atoms with Gasteiger partial charge in [-0.15, -0.1) is 0 Å². The molecule has 0 radical (unpaired) electrons. The van der Waals surface area contributed by atoms with Gasteiger partial charge in [0.15, 0.2) is 6.10 Å². The van der Waals surface area contributed by atoms with Crippen molar-refractivity contribution in [2.24, 2.45) is 0 Å². The predicted octanol–water partition coefficient (Wildman–Crippen LogP) is 1.84. The molecule has 0 amide bonds. The van der Waals surface area contributed by atoms with E-state index in [0.717, 1.165) is 12.8 Å². The largest absolute Gasteiger partial charge is 0.508 e. The van der Waals surface area contributed by atoms with E-state index >= 15 is 0 Å². The van der Waals surface area contributed by atoms with Crippen molar-refractivity contribution in [1.29, 1.82) is 0 Å². The van der Waals surface area contributed by atoms with Gasteiger partial charge in [-0.05, 0) is 37.1 Å². The number of aromatic hydroxyl groups is 1. The van der Waals surface area contributed by atoms with Crippen molar-refractivity contribution < 1.29 is 24.1 Å². The van der Waals surface area contributed by atoms with E-state index in [-0.39, 0.29) is 17.8 Å². The molecule has 0 spiro atoms. The van der Waals surface area contributed by atoms with Crippen LogP contribution in [0.15, 0.2) is 24.3 Å². The Morgan fingerprint density at radius 3 is 2.78 bits per heavy atom. The van der Waals surface area contributed by atoms with Gasteiger partial charge in [-0.1, -0.05) is 0 Å². The van der Waals surface area contributed by atoms with Crippen molar-refractivity contribution in [3.05, 3.63) is 24.3 Å². The molecule has 5 heteroatoms. The first-order chi connectivity index (χ1) is 8.65. The average Bonchev–Trinajstić information content (AvgIpc) is 2.34. The van der Waals surface area contributed by atoms with E-state index in [1.165, 1.54) is 19.1 Å². The van der Waals surface area contributed by atoms with E-state index < -0.39 is 6.29 Å². The highest BCUT2D eigenvalue weighted by molar-refractivity contribution is 5.66. The highest BCUT2D eigenvalue weighted by Gasteiger charge is 2.30. The Bertz CT molecular complexity index is 400. The van der Waals surface area contributed by atoms with Crippen LogP contribution in [0.5, 0.6) is 11.5 Å². The Kier molecular flexibility index (Phi) is 4.04. The molecule has 5 nitrogen and oxygen atoms in total. The summed E-state index contributed by atoms with van der Waals surface area (Å²) in [5.74, 6) is 0.394. The Morgan fingerprint density at radius 2 is 2.11 bits per heavy atom. The second kappa shape index (κ2) is 5.73. The lowest BCUT2D eigenvalue weighted by Gasteiger charge is -2.31. The predicted molar refractivity (Wildman–Crippen MR) is 63.3 cm³/mol. The van der Waals surface area contributed by atoms with Crippen LogP contribution in [0, 0.1) is 0 Å². The maximum atomic E-state index is 11.0. The molecule has 0 saturated carbocycles. The lowest BCUT2D eigenvalue weighted by atomic mass is 10.1. The van der Waals surface area contributed by atoms with E-state index in [1.54, 1.807) is 12.1 Å². The maximum Gasteiger partial charge on any atom is 0.303 e. The van der Waals surface area contributed by atoms with Crippen LogP contribution in [0.4, 0.5) is 0 Å². The van der Waals surface area contributed by atoms with Crippen LogP contribution < -0.4 is 4.74 Å². The topological polar surface area (TPSA) is 65.0 Å². The Balaban J connectivity index is 2.00. The number of ether oxygens (including phenoxy) is 3. The number of phenolic OH excluding ortho intramolecular Hbond substituents is 1. The number of rotatable bonds is 3. The SMILES string of the molecule is CC(=O)OC1CCCOC1Oc1ccc(O)cc1. The van der Waals surface area contributed by atoms with Gasteiger partial charge in [0.25, 0.3) is 0 Å². The third-order valence-corrected chi connectivity index (χ3v) is 2.62. The molecule has 1 heterocycles. The summed E-state index contributed by atoms with van der Waals surface area (Å²) in [6, 6.07) is 6.33. The molecule has 2 rings (SSSR count). The van der Waals surface area contributed by atoms with Crippen LogP contribution in [-0.4, -0.2) is 30.1 Å². The molecule has 0 aromatic heterocycles. The molecular formula is C13H16O5. The smallest absolute Gasteiger partial charge is 0.303 e. The Morgan fingerprint density at radius 1 is 1.39 bits per heavy atom. The summed E-state index contributed by atoms with van der Waals surface area (Å²) >= 11 is 0. The lowest BCUT2D eigenvalue weighted by molar-refractivity contribution is -0.195. The van der Waals surface area contributed by atoms with Gasteiger partial charge in [0.1, 0.15) is 11.5 Å². The van der Waals surface area contributed by atoms with E-state index in [9.17, 15) is 9.90 Å². The van der Waals surface area contributed by atoms with E-state index in [0.29, 0.717) is 12.4 Å². The Labute approximate surface area is 105 Å². The number of phenols is 1. The second-order valence-electron chi connectivity index (χ2n) is 4.14. The number of esters is 1. The fourth-order valence-corrected chi connectivity index (χ4v) is 1.82. The normalized spacial score (nSPS) is 23.4. The van der Waals surface area contributed by atoms with Crippen LogP contribution in [0.3, 0.4) is 0 Å².